The minimum Gasteiger partial charge on any atom is -0.490 e. The quantitative estimate of drug-likeness (QED) is 0.399. The van der Waals surface area contributed by atoms with Gasteiger partial charge in [0.05, 0.1) is 13.2 Å². The van der Waals surface area contributed by atoms with Gasteiger partial charge in [0, 0.05) is 30.5 Å². The van der Waals surface area contributed by atoms with Crippen molar-refractivity contribution in [3.8, 4) is 5.75 Å². The molecule has 0 saturated heterocycles. The third-order valence-corrected chi connectivity index (χ3v) is 4.36. The van der Waals surface area contributed by atoms with Gasteiger partial charge in [0.2, 0.25) is 0 Å². The van der Waals surface area contributed by atoms with Crippen LogP contribution in [0.1, 0.15) is 24.3 Å². The molecule has 1 atom stereocenters. The summed E-state index contributed by atoms with van der Waals surface area (Å²) in [6.45, 7) is 6.56. The minimum absolute atomic E-state index is 0.00429. The maximum atomic E-state index is 12.7. The Kier molecular flexibility index (Phi) is 8.18. The lowest BCUT2D eigenvalue weighted by molar-refractivity contribution is -0.121. The molecule has 27 heavy (non-hydrogen) atoms. The standard InChI is InChI=1S/C19H27N3O4S/c1-5-8-20-17(19(24)21-27-22(3)4)13-10-14-11-15(7-9-23)26-18(14)16(12-13)25-6-2/h5,10-12,17,20,23H,1,6-9H2,2-4H3,(H,21,24). The van der Waals surface area contributed by atoms with Crippen molar-refractivity contribution in [3.05, 3.63) is 42.2 Å². The Morgan fingerprint density at radius 3 is 2.85 bits per heavy atom. The molecule has 2 aromatic rings. The topological polar surface area (TPSA) is 87.0 Å². The molecule has 1 unspecified atom stereocenters. The Hall–Kier alpha value is -2.00. The average molecular weight is 394 g/mol. The van der Waals surface area contributed by atoms with Crippen molar-refractivity contribution in [2.45, 2.75) is 19.4 Å². The molecule has 0 aliphatic heterocycles. The number of amides is 1. The molecular weight excluding hydrogens is 366 g/mol. The molecule has 2 rings (SSSR count). The summed E-state index contributed by atoms with van der Waals surface area (Å²) in [4.78, 5) is 12.7. The highest BCUT2D eigenvalue weighted by Crippen LogP contribution is 2.33. The van der Waals surface area contributed by atoms with Gasteiger partial charge in [-0.25, -0.2) is 4.31 Å². The monoisotopic (exact) mass is 393 g/mol. The first-order valence-electron chi connectivity index (χ1n) is 8.78. The van der Waals surface area contributed by atoms with E-state index in [1.165, 1.54) is 12.1 Å². The molecule has 0 aliphatic carbocycles. The summed E-state index contributed by atoms with van der Waals surface area (Å²) in [5, 5.41) is 13.2. The van der Waals surface area contributed by atoms with E-state index in [9.17, 15) is 4.79 Å². The second kappa shape index (κ2) is 10.4. The predicted molar refractivity (Wildman–Crippen MR) is 109 cm³/mol. The van der Waals surface area contributed by atoms with Crippen molar-refractivity contribution in [2.24, 2.45) is 0 Å². The molecule has 148 valence electrons. The Bertz CT molecular complexity index is 776. The molecule has 0 saturated carbocycles. The number of carbonyl (C=O) groups excluding carboxylic acids is 1. The number of nitrogens with zero attached hydrogens (tertiary/aromatic N) is 1. The second-order valence-electron chi connectivity index (χ2n) is 6.06. The number of benzene rings is 1. The number of hydrogen-bond acceptors (Lipinski definition) is 7. The Morgan fingerprint density at radius 1 is 1.44 bits per heavy atom. The lowest BCUT2D eigenvalue weighted by atomic mass is 10.0. The van der Waals surface area contributed by atoms with Crippen LogP contribution < -0.4 is 14.8 Å². The van der Waals surface area contributed by atoms with Gasteiger partial charge in [-0.2, -0.15) is 0 Å². The third kappa shape index (κ3) is 5.74. The number of nitrogens with one attached hydrogen (secondary N) is 2. The van der Waals surface area contributed by atoms with Gasteiger partial charge >= 0.3 is 0 Å². The number of fused-ring (bicyclic) bond motifs is 1. The molecule has 8 heteroatoms. The maximum absolute atomic E-state index is 12.7. The maximum Gasteiger partial charge on any atom is 0.252 e. The molecule has 0 fully saturated rings. The van der Waals surface area contributed by atoms with Gasteiger partial charge in [-0.1, -0.05) is 6.08 Å². The van der Waals surface area contributed by atoms with E-state index in [2.05, 4.69) is 16.6 Å². The Labute approximate surface area is 164 Å². The van der Waals surface area contributed by atoms with Gasteiger partial charge in [-0.15, -0.1) is 6.58 Å². The van der Waals surface area contributed by atoms with E-state index in [4.69, 9.17) is 14.3 Å². The Morgan fingerprint density at radius 2 is 2.22 bits per heavy atom. The number of aliphatic hydroxyl groups is 1. The fourth-order valence-electron chi connectivity index (χ4n) is 2.62. The number of furan rings is 1. The zero-order valence-corrected chi connectivity index (χ0v) is 16.8. The predicted octanol–water partition coefficient (Wildman–Crippen LogP) is 2.42. The van der Waals surface area contributed by atoms with E-state index in [-0.39, 0.29) is 12.5 Å². The number of rotatable bonds is 11. The molecule has 3 N–H and O–H groups in total. The summed E-state index contributed by atoms with van der Waals surface area (Å²) in [7, 11) is 3.70. The molecule has 0 bridgehead atoms. The van der Waals surface area contributed by atoms with Crippen LogP contribution in [-0.2, 0) is 11.2 Å². The van der Waals surface area contributed by atoms with Gasteiger partial charge in [-0.05, 0) is 44.8 Å². The summed E-state index contributed by atoms with van der Waals surface area (Å²) >= 11 is 1.22. The molecule has 7 nitrogen and oxygen atoms in total. The normalized spacial score (nSPS) is 12.3. The molecule has 1 aromatic carbocycles. The zero-order chi connectivity index (χ0) is 19.8. The summed E-state index contributed by atoms with van der Waals surface area (Å²) < 4.78 is 16.2. The summed E-state index contributed by atoms with van der Waals surface area (Å²) in [5.41, 5.74) is 1.38. The van der Waals surface area contributed by atoms with Crippen LogP contribution >= 0.6 is 12.1 Å². The fourth-order valence-corrected chi connectivity index (χ4v) is 3.01. The van der Waals surface area contributed by atoms with Gasteiger partial charge < -0.3 is 14.3 Å². The van der Waals surface area contributed by atoms with Gasteiger partial charge in [0.15, 0.2) is 11.3 Å². The average Bonchev–Trinajstić information content (AvgIpc) is 3.03. The lowest BCUT2D eigenvalue weighted by Crippen LogP contribution is -2.36. The summed E-state index contributed by atoms with van der Waals surface area (Å²) in [6.07, 6.45) is 2.13. The van der Waals surface area contributed by atoms with Crippen LogP contribution in [0.3, 0.4) is 0 Å². The van der Waals surface area contributed by atoms with Crippen LogP contribution in [0.4, 0.5) is 0 Å². The lowest BCUT2D eigenvalue weighted by Gasteiger charge is -2.19. The van der Waals surface area contributed by atoms with Crippen molar-refractivity contribution in [1.82, 2.24) is 14.3 Å². The fraction of sp³-hybridized carbons (Fsp3) is 0.421. The molecule has 0 spiro atoms. The van der Waals surface area contributed by atoms with E-state index in [0.29, 0.717) is 36.7 Å². The van der Waals surface area contributed by atoms with Gasteiger partial charge in [-0.3, -0.25) is 14.8 Å². The van der Waals surface area contributed by atoms with Crippen molar-refractivity contribution >= 4 is 29.0 Å². The van der Waals surface area contributed by atoms with E-state index in [1.54, 1.807) is 10.4 Å². The highest BCUT2D eigenvalue weighted by atomic mass is 32.2. The van der Waals surface area contributed by atoms with Crippen LogP contribution in [0.2, 0.25) is 0 Å². The molecule has 0 aliphatic rings. The van der Waals surface area contributed by atoms with E-state index in [1.807, 2.05) is 39.2 Å². The molecule has 1 heterocycles. The second-order valence-corrected chi connectivity index (χ2v) is 7.17. The van der Waals surface area contributed by atoms with Crippen LogP contribution in [0, 0.1) is 0 Å². The largest absolute Gasteiger partial charge is 0.490 e. The molecule has 1 aromatic heterocycles. The zero-order valence-electron chi connectivity index (χ0n) is 15.9. The van der Waals surface area contributed by atoms with Crippen molar-refractivity contribution in [3.63, 3.8) is 0 Å². The first-order valence-corrected chi connectivity index (χ1v) is 9.55. The van der Waals surface area contributed by atoms with Crippen LogP contribution in [-0.4, -0.2) is 49.2 Å². The van der Waals surface area contributed by atoms with Crippen LogP contribution in [0.5, 0.6) is 5.75 Å². The number of aliphatic hydroxyl groups excluding tert-OH is 1. The first kappa shape index (κ1) is 21.3. The van der Waals surface area contributed by atoms with Crippen LogP contribution in [0.25, 0.3) is 11.0 Å². The molecule has 1 amide bonds. The van der Waals surface area contributed by atoms with E-state index >= 15 is 0 Å². The van der Waals surface area contributed by atoms with Gasteiger partial charge in [0.1, 0.15) is 11.8 Å². The smallest absolute Gasteiger partial charge is 0.252 e. The summed E-state index contributed by atoms with van der Waals surface area (Å²) in [5.74, 6) is 1.08. The number of hydrogen-bond donors (Lipinski definition) is 3. The molecular formula is C19H27N3O4S. The van der Waals surface area contributed by atoms with Crippen molar-refractivity contribution < 1.29 is 19.1 Å². The summed E-state index contributed by atoms with van der Waals surface area (Å²) in [6, 6.07) is 5.02. The minimum atomic E-state index is -0.574. The Balaban J connectivity index is 2.43. The van der Waals surface area contributed by atoms with Gasteiger partial charge in [0.25, 0.3) is 5.91 Å². The first-order chi connectivity index (χ1) is 13.0. The molecule has 0 radical (unpaired) electrons. The van der Waals surface area contributed by atoms with E-state index in [0.717, 1.165) is 10.9 Å². The highest BCUT2D eigenvalue weighted by Gasteiger charge is 2.23. The van der Waals surface area contributed by atoms with E-state index < -0.39 is 6.04 Å². The highest BCUT2D eigenvalue weighted by molar-refractivity contribution is 7.95. The number of ether oxygens (including phenoxy) is 1. The SMILES string of the molecule is C=CCNC(C(=O)NSN(C)C)c1cc(OCC)c2oc(CCO)cc2c1. The van der Waals surface area contributed by atoms with Crippen LogP contribution in [0.15, 0.2) is 35.3 Å². The van der Waals surface area contributed by atoms with Crippen molar-refractivity contribution in [1.29, 1.82) is 0 Å². The third-order valence-electron chi connectivity index (χ3n) is 3.70. The van der Waals surface area contributed by atoms with Crippen molar-refractivity contribution in [2.75, 3.05) is 33.9 Å². The number of carbonyl (C=O) groups is 1.